The number of alkyl halides is 1. The van der Waals surface area contributed by atoms with Crippen LogP contribution in [0.4, 0.5) is 0 Å². The van der Waals surface area contributed by atoms with E-state index in [1.54, 1.807) is 20.3 Å². The quantitative estimate of drug-likeness (QED) is 0.770. The molecule has 1 unspecified atom stereocenters. The largest absolute Gasteiger partial charge is 0.493 e. The van der Waals surface area contributed by atoms with Crippen molar-refractivity contribution in [2.45, 2.75) is 19.3 Å². The third kappa shape index (κ3) is 2.32. The highest BCUT2D eigenvalue weighted by Crippen LogP contribution is 2.37. The highest BCUT2D eigenvalue weighted by atomic mass is 35.5. The van der Waals surface area contributed by atoms with E-state index in [4.69, 9.17) is 21.1 Å². The van der Waals surface area contributed by atoms with Gasteiger partial charge in [0.1, 0.15) is 0 Å². The zero-order chi connectivity index (χ0) is 13.1. The molecule has 0 fully saturated rings. The number of ketones is 1. The Kier molecular flexibility index (Phi) is 4.12. The van der Waals surface area contributed by atoms with Gasteiger partial charge in [-0.3, -0.25) is 4.79 Å². The van der Waals surface area contributed by atoms with Gasteiger partial charge in [-0.2, -0.15) is 0 Å². The van der Waals surface area contributed by atoms with E-state index in [1.807, 2.05) is 6.07 Å². The van der Waals surface area contributed by atoms with Crippen molar-refractivity contribution in [1.82, 2.24) is 0 Å². The van der Waals surface area contributed by atoms with Gasteiger partial charge < -0.3 is 9.47 Å². The van der Waals surface area contributed by atoms with Crippen molar-refractivity contribution in [3.8, 4) is 11.5 Å². The molecule has 0 saturated carbocycles. The van der Waals surface area contributed by atoms with Crippen LogP contribution in [0, 0.1) is 5.92 Å². The van der Waals surface area contributed by atoms with Gasteiger partial charge in [0.2, 0.25) is 0 Å². The first-order valence-corrected chi connectivity index (χ1v) is 6.59. The molecule has 2 rings (SSSR count). The SMILES string of the molecule is COc1cc2c(cc1OC)C(=O)C(CCCCl)C2. The van der Waals surface area contributed by atoms with Crippen LogP contribution >= 0.6 is 11.6 Å². The standard InChI is InChI=1S/C14H17ClO3/c1-17-12-7-10-6-9(4-3-5-15)14(16)11(10)8-13(12)18-2/h7-9H,3-6H2,1-2H3. The van der Waals surface area contributed by atoms with Gasteiger partial charge in [-0.25, -0.2) is 0 Å². The molecule has 1 aliphatic carbocycles. The number of benzene rings is 1. The maximum Gasteiger partial charge on any atom is 0.166 e. The van der Waals surface area contributed by atoms with E-state index in [1.165, 1.54) is 0 Å². The highest BCUT2D eigenvalue weighted by Gasteiger charge is 2.31. The van der Waals surface area contributed by atoms with Crippen molar-refractivity contribution in [1.29, 1.82) is 0 Å². The Hall–Kier alpha value is -1.22. The van der Waals surface area contributed by atoms with Gasteiger partial charge in [-0.1, -0.05) is 0 Å². The smallest absolute Gasteiger partial charge is 0.166 e. The zero-order valence-electron chi connectivity index (χ0n) is 10.7. The number of rotatable bonds is 5. The number of hydrogen-bond acceptors (Lipinski definition) is 3. The Bertz CT molecular complexity index is 457. The number of methoxy groups -OCH3 is 2. The summed E-state index contributed by atoms with van der Waals surface area (Å²) in [5, 5.41) is 0. The zero-order valence-corrected chi connectivity index (χ0v) is 11.4. The fourth-order valence-corrected chi connectivity index (χ4v) is 2.61. The first kappa shape index (κ1) is 13.2. The minimum atomic E-state index is 0.0653. The Labute approximate surface area is 112 Å². The van der Waals surface area contributed by atoms with Crippen LogP contribution in [-0.4, -0.2) is 25.9 Å². The van der Waals surface area contributed by atoms with Gasteiger partial charge in [0.05, 0.1) is 14.2 Å². The first-order chi connectivity index (χ1) is 8.71. The summed E-state index contributed by atoms with van der Waals surface area (Å²) in [5.41, 5.74) is 1.82. The van der Waals surface area contributed by atoms with Crippen molar-refractivity contribution in [2.24, 2.45) is 5.92 Å². The molecule has 1 aromatic carbocycles. The van der Waals surface area contributed by atoms with Crippen LogP contribution in [0.25, 0.3) is 0 Å². The van der Waals surface area contributed by atoms with Crippen molar-refractivity contribution >= 4 is 17.4 Å². The van der Waals surface area contributed by atoms with Crippen molar-refractivity contribution in [3.63, 3.8) is 0 Å². The summed E-state index contributed by atoms with van der Waals surface area (Å²) in [6.45, 7) is 0. The molecule has 4 heteroatoms. The monoisotopic (exact) mass is 268 g/mol. The lowest BCUT2D eigenvalue weighted by Crippen LogP contribution is -2.08. The van der Waals surface area contributed by atoms with Crippen LogP contribution in [0.1, 0.15) is 28.8 Å². The van der Waals surface area contributed by atoms with E-state index in [-0.39, 0.29) is 11.7 Å². The van der Waals surface area contributed by atoms with E-state index in [0.717, 1.165) is 30.4 Å². The normalized spacial score (nSPS) is 17.7. The van der Waals surface area contributed by atoms with Crippen LogP contribution in [0.2, 0.25) is 0 Å². The van der Waals surface area contributed by atoms with E-state index >= 15 is 0 Å². The molecule has 98 valence electrons. The molecule has 0 aromatic heterocycles. The minimum Gasteiger partial charge on any atom is -0.493 e. The van der Waals surface area contributed by atoms with E-state index in [9.17, 15) is 4.79 Å². The summed E-state index contributed by atoms with van der Waals surface area (Å²) < 4.78 is 10.5. The molecule has 0 amide bonds. The second-order valence-electron chi connectivity index (χ2n) is 4.46. The molecular formula is C14H17ClO3. The van der Waals surface area contributed by atoms with Gasteiger partial charge in [0.15, 0.2) is 17.3 Å². The number of halogens is 1. The van der Waals surface area contributed by atoms with Gasteiger partial charge in [0.25, 0.3) is 0 Å². The van der Waals surface area contributed by atoms with Gasteiger partial charge in [0, 0.05) is 17.4 Å². The number of carbonyl (C=O) groups is 1. The summed E-state index contributed by atoms with van der Waals surface area (Å²) in [5.74, 6) is 2.17. The lowest BCUT2D eigenvalue weighted by atomic mass is 10.00. The summed E-state index contributed by atoms with van der Waals surface area (Å²) in [6.07, 6.45) is 2.51. The molecule has 3 nitrogen and oxygen atoms in total. The molecule has 1 aromatic rings. The summed E-state index contributed by atoms with van der Waals surface area (Å²) >= 11 is 5.68. The lowest BCUT2D eigenvalue weighted by molar-refractivity contribution is 0.0930. The molecule has 18 heavy (non-hydrogen) atoms. The Morgan fingerprint density at radius 3 is 2.56 bits per heavy atom. The molecule has 0 radical (unpaired) electrons. The second kappa shape index (κ2) is 5.61. The minimum absolute atomic E-state index is 0.0653. The highest BCUT2D eigenvalue weighted by molar-refractivity contribution is 6.17. The molecule has 0 N–H and O–H groups in total. The Morgan fingerprint density at radius 1 is 1.28 bits per heavy atom. The fraction of sp³-hybridized carbons (Fsp3) is 0.500. The number of fused-ring (bicyclic) bond motifs is 1. The average molecular weight is 269 g/mol. The molecule has 0 aliphatic heterocycles. The Balaban J connectivity index is 2.28. The van der Waals surface area contributed by atoms with Gasteiger partial charge in [-0.15, -0.1) is 11.6 Å². The number of ether oxygens (including phenoxy) is 2. The third-order valence-corrected chi connectivity index (χ3v) is 3.67. The number of Topliss-reactive ketones (excluding diaryl/α,β-unsaturated/α-hetero) is 1. The maximum absolute atomic E-state index is 12.2. The average Bonchev–Trinajstić information content (AvgIpc) is 2.71. The lowest BCUT2D eigenvalue weighted by Gasteiger charge is -2.09. The first-order valence-electron chi connectivity index (χ1n) is 6.06. The summed E-state index contributed by atoms with van der Waals surface area (Å²) in [6, 6.07) is 3.70. The van der Waals surface area contributed by atoms with Crippen LogP contribution in [0.5, 0.6) is 11.5 Å². The predicted molar refractivity (Wildman–Crippen MR) is 71.0 cm³/mol. The van der Waals surface area contributed by atoms with Crippen molar-refractivity contribution < 1.29 is 14.3 Å². The molecular weight excluding hydrogens is 252 g/mol. The van der Waals surface area contributed by atoms with Gasteiger partial charge >= 0.3 is 0 Å². The van der Waals surface area contributed by atoms with Crippen molar-refractivity contribution in [3.05, 3.63) is 23.3 Å². The Morgan fingerprint density at radius 2 is 1.94 bits per heavy atom. The third-order valence-electron chi connectivity index (χ3n) is 3.40. The molecule has 1 aliphatic rings. The molecule has 1 atom stereocenters. The van der Waals surface area contributed by atoms with Crippen LogP contribution in [0.3, 0.4) is 0 Å². The van der Waals surface area contributed by atoms with Gasteiger partial charge in [-0.05, 0) is 37.0 Å². The molecule has 0 spiro atoms. The number of hydrogen-bond donors (Lipinski definition) is 0. The van der Waals surface area contributed by atoms with Crippen LogP contribution in [-0.2, 0) is 6.42 Å². The van der Waals surface area contributed by atoms with E-state index in [2.05, 4.69) is 0 Å². The summed E-state index contributed by atoms with van der Waals surface area (Å²) in [7, 11) is 3.18. The maximum atomic E-state index is 12.2. The molecule has 0 heterocycles. The molecule has 0 bridgehead atoms. The fourth-order valence-electron chi connectivity index (χ4n) is 2.45. The topological polar surface area (TPSA) is 35.5 Å². The van der Waals surface area contributed by atoms with Crippen molar-refractivity contribution in [2.75, 3.05) is 20.1 Å². The number of carbonyl (C=O) groups excluding carboxylic acids is 1. The molecule has 0 saturated heterocycles. The summed E-state index contributed by atoms with van der Waals surface area (Å²) in [4.78, 5) is 12.2. The van der Waals surface area contributed by atoms with E-state index < -0.39 is 0 Å². The predicted octanol–water partition coefficient (Wildman–Crippen LogP) is 3.08. The van der Waals surface area contributed by atoms with Crippen LogP contribution < -0.4 is 9.47 Å². The van der Waals surface area contributed by atoms with Crippen LogP contribution in [0.15, 0.2) is 12.1 Å². The van der Waals surface area contributed by atoms with E-state index in [0.29, 0.717) is 17.4 Å². The second-order valence-corrected chi connectivity index (χ2v) is 4.84.